The molecule has 1 aromatic carbocycles. The number of ether oxygens (including phenoxy) is 3. The van der Waals surface area contributed by atoms with E-state index in [2.05, 4.69) is 0 Å². The number of benzene rings is 1. The molecule has 2 heterocycles. The van der Waals surface area contributed by atoms with E-state index in [0.717, 1.165) is 5.69 Å². The molecule has 1 fully saturated rings. The van der Waals surface area contributed by atoms with Crippen molar-refractivity contribution in [1.82, 2.24) is 0 Å². The van der Waals surface area contributed by atoms with Gasteiger partial charge in [0.1, 0.15) is 5.41 Å². The second kappa shape index (κ2) is 4.40. The minimum atomic E-state index is -0.578. The maximum absolute atomic E-state index is 12.5. The summed E-state index contributed by atoms with van der Waals surface area (Å²) in [5.41, 5.74) is 5.88. The average Bonchev–Trinajstić information content (AvgIpc) is 2.84. The lowest BCUT2D eigenvalue weighted by atomic mass is 9.84. The predicted molar refractivity (Wildman–Crippen MR) is 68.3 cm³/mol. The molecule has 0 spiro atoms. The van der Waals surface area contributed by atoms with E-state index in [-0.39, 0.29) is 12.7 Å². The third kappa shape index (κ3) is 1.84. The Hall–Kier alpha value is -1.79. The molecule has 0 atom stereocenters. The number of nitrogens with zero attached hydrogens (tertiary/aromatic N) is 1. The third-order valence-electron chi connectivity index (χ3n) is 3.65. The quantitative estimate of drug-likeness (QED) is 0.853. The summed E-state index contributed by atoms with van der Waals surface area (Å²) in [5, 5.41) is 0. The number of hydrogen-bond donors (Lipinski definition) is 1. The van der Waals surface area contributed by atoms with E-state index >= 15 is 0 Å². The van der Waals surface area contributed by atoms with Gasteiger partial charge in [-0.25, -0.2) is 0 Å². The van der Waals surface area contributed by atoms with Gasteiger partial charge in [-0.2, -0.15) is 0 Å². The minimum Gasteiger partial charge on any atom is -0.454 e. The summed E-state index contributed by atoms with van der Waals surface area (Å²) in [5.74, 6) is 1.33. The Labute approximate surface area is 111 Å². The van der Waals surface area contributed by atoms with Crippen molar-refractivity contribution in [3.63, 3.8) is 0 Å². The van der Waals surface area contributed by atoms with Crippen LogP contribution in [0.3, 0.4) is 0 Å². The fourth-order valence-electron chi connectivity index (χ4n) is 2.24. The van der Waals surface area contributed by atoms with Crippen molar-refractivity contribution < 1.29 is 19.0 Å². The van der Waals surface area contributed by atoms with Gasteiger partial charge in [-0.15, -0.1) is 0 Å². The van der Waals surface area contributed by atoms with Crippen molar-refractivity contribution >= 4 is 11.6 Å². The van der Waals surface area contributed by atoms with Crippen molar-refractivity contribution in [1.29, 1.82) is 0 Å². The number of carbonyl (C=O) groups is 1. The molecule has 0 aromatic heterocycles. The summed E-state index contributed by atoms with van der Waals surface area (Å²) in [6.45, 7) is 1.28. The maximum Gasteiger partial charge on any atom is 0.238 e. The van der Waals surface area contributed by atoms with Gasteiger partial charge < -0.3 is 24.8 Å². The van der Waals surface area contributed by atoms with E-state index < -0.39 is 5.41 Å². The van der Waals surface area contributed by atoms with E-state index in [4.69, 9.17) is 19.9 Å². The molecule has 2 aliphatic heterocycles. The molecule has 3 rings (SSSR count). The lowest BCUT2D eigenvalue weighted by Gasteiger charge is -2.41. The van der Waals surface area contributed by atoms with Crippen LogP contribution in [-0.2, 0) is 9.53 Å². The van der Waals surface area contributed by atoms with Crippen LogP contribution >= 0.6 is 0 Å². The van der Waals surface area contributed by atoms with Crippen LogP contribution in [0, 0.1) is 5.41 Å². The molecular formula is C13H16N2O4. The van der Waals surface area contributed by atoms with Gasteiger partial charge in [-0.1, -0.05) is 0 Å². The van der Waals surface area contributed by atoms with Gasteiger partial charge in [0, 0.05) is 25.3 Å². The van der Waals surface area contributed by atoms with Crippen LogP contribution in [0.1, 0.15) is 0 Å². The molecule has 6 heteroatoms. The van der Waals surface area contributed by atoms with Gasteiger partial charge in [0.05, 0.1) is 13.2 Å². The topological polar surface area (TPSA) is 74.0 Å². The van der Waals surface area contributed by atoms with Crippen molar-refractivity contribution in [2.24, 2.45) is 11.1 Å². The third-order valence-corrected chi connectivity index (χ3v) is 3.65. The SMILES string of the molecule is CN(C(=O)C1(CN)COC1)c1ccc2c(c1)OCO2. The van der Waals surface area contributed by atoms with Gasteiger partial charge in [0.25, 0.3) is 0 Å². The Morgan fingerprint density at radius 1 is 1.37 bits per heavy atom. The molecule has 1 aromatic rings. The molecule has 1 saturated heterocycles. The summed E-state index contributed by atoms with van der Waals surface area (Å²) in [7, 11) is 1.73. The van der Waals surface area contributed by atoms with E-state index in [0.29, 0.717) is 31.3 Å². The summed E-state index contributed by atoms with van der Waals surface area (Å²) < 4.78 is 15.7. The van der Waals surface area contributed by atoms with Crippen LogP contribution in [0.5, 0.6) is 11.5 Å². The summed E-state index contributed by atoms with van der Waals surface area (Å²) in [4.78, 5) is 14.1. The number of hydrogen-bond acceptors (Lipinski definition) is 5. The van der Waals surface area contributed by atoms with E-state index in [1.54, 1.807) is 24.1 Å². The van der Waals surface area contributed by atoms with Gasteiger partial charge in [-0.05, 0) is 12.1 Å². The Bertz CT molecular complexity index is 508. The highest BCUT2D eigenvalue weighted by Gasteiger charge is 2.46. The van der Waals surface area contributed by atoms with Crippen molar-refractivity contribution in [3.8, 4) is 11.5 Å². The fourth-order valence-corrected chi connectivity index (χ4v) is 2.24. The number of nitrogens with two attached hydrogens (primary N) is 1. The zero-order valence-electron chi connectivity index (χ0n) is 10.7. The molecule has 1 amide bonds. The number of carbonyl (C=O) groups excluding carboxylic acids is 1. The monoisotopic (exact) mass is 264 g/mol. The predicted octanol–water partition coefficient (Wildman–Crippen LogP) is 0.353. The number of rotatable bonds is 3. The van der Waals surface area contributed by atoms with Gasteiger partial charge in [0.15, 0.2) is 11.5 Å². The highest BCUT2D eigenvalue weighted by molar-refractivity contribution is 5.98. The smallest absolute Gasteiger partial charge is 0.238 e. The lowest BCUT2D eigenvalue weighted by Crippen LogP contribution is -2.58. The second-order valence-corrected chi connectivity index (χ2v) is 4.88. The first kappa shape index (κ1) is 12.3. The zero-order valence-corrected chi connectivity index (χ0v) is 10.7. The first-order valence-electron chi connectivity index (χ1n) is 6.12. The molecule has 2 N–H and O–H groups in total. The first-order chi connectivity index (χ1) is 9.16. The standard InChI is InChI=1S/C13H16N2O4/c1-15(12(16)13(5-14)6-17-7-13)9-2-3-10-11(4-9)19-8-18-10/h2-4H,5-8,14H2,1H3. The normalized spacial score (nSPS) is 18.8. The first-order valence-corrected chi connectivity index (χ1v) is 6.12. The Morgan fingerprint density at radius 2 is 2.11 bits per heavy atom. The number of fused-ring (bicyclic) bond motifs is 1. The molecule has 6 nitrogen and oxygen atoms in total. The Balaban J connectivity index is 1.83. The molecular weight excluding hydrogens is 248 g/mol. The minimum absolute atomic E-state index is 0.0277. The molecule has 0 bridgehead atoms. The van der Waals surface area contributed by atoms with Crippen LogP contribution in [0.4, 0.5) is 5.69 Å². The summed E-state index contributed by atoms with van der Waals surface area (Å²) in [6, 6.07) is 5.42. The summed E-state index contributed by atoms with van der Waals surface area (Å²) >= 11 is 0. The number of anilines is 1. The Kier molecular flexibility index (Phi) is 2.83. The van der Waals surface area contributed by atoms with Crippen molar-refractivity contribution in [2.75, 3.05) is 38.5 Å². The molecule has 0 aliphatic carbocycles. The summed E-state index contributed by atoms with van der Waals surface area (Å²) in [6.07, 6.45) is 0. The molecule has 19 heavy (non-hydrogen) atoms. The largest absolute Gasteiger partial charge is 0.454 e. The van der Waals surface area contributed by atoms with E-state index in [1.807, 2.05) is 6.07 Å². The fraction of sp³-hybridized carbons (Fsp3) is 0.462. The molecule has 0 radical (unpaired) electrons. The van der Waals surface area contributed by atoms with E-state index in [1.165, 1.54) is 0 Å². The molecule has 0 saturated carbocycles. The van der Waals surface area contributed by atoms with Crippen LogP contribution < -0.4 is 20.1 Å². The van der Waals surface area contributed by atoms with Crippen molar-refractivity contribution in [3.05, 3.63) is 18.2 Å². The van der Waals surface area contributed by atoms with E-state index in [9.17, 15) is 4.79 Å². The second-order valence-electron chi connectivity index (χ2n) is 4.88. The maximum atomic E-state index is 12.5. The lowest BCUT2D eigenvalue weighted by molar-refractivity contribution is -0.156. The molecule has 0 unspecified atom stereocenters. The van der Waals surface area contributed by atoms with Gasteiger partial charge in [-0.3, -0.25) is 4.79 Å². The molecule has 2 aliphatic rings. The van der Waals surface area contributed by atoms with Crippen molar-refractivity contribution in [2.45, 2.75) is 0 Å². The van der Waals surface area contributed by atoms with Crippen LogP contribution in [0.2, 0.25) is 0 Å². The zero-order chi connectivity index (χ0) is 13.5. The van der Waals surface area contributed by atoms with Crippen LogP contribution in [0.15, 0.2) is 18.2 Å². The highest BCUT2D eigenvalue weighted by atomic mass is 16.7. The number of amides is 1. The van der Waals surface area contributed by atoms with Gasteiger partial charge in [0.2, 0.25) is 12.7 Å². The van der Waals surface area contributed by atoms with Crippen LogP contribution in [0.25, 0.3) is 0 Å². The van der Waals surface area contributed by atoms with Gasteiger partial charge >= 0.3 is 0 Å². The molecule has 102 valence electrons. The average molecular weight is 264 g/mol. The van der Waals surface area contributed by atoms with Crippen LogP contribution in [-0.4, -0.2) is 39.5 Å². The highest BCUT2D eigenvalue weighted by Crippen LogP contribution is 2.37. The Morgan fingerprint density at radius 3 is 2.74 bits per heavy atom.